The van der Waals surface area contributed by atoms with Crippen LogP contribution in [0.4, 0.5) is 17.2 Å². The molecular weight excluding hydrogens is 770 g/mol. The molecule has 7 rings (SSSR count). The summed E-state index contributed by atoms with van der Waals surface area (Å²) in [5.41, 5.74) is 10.5. The fourth-order valence-corrected chi connectivity index (χ4v) is 5.97. The summed E-state index contributed by atoms with van der Waals surface area (Å²) in [6.07, 6.45) is 1.87. The van der Waals surface area contributed by atoms with E-state index in [0.717, 1.165) is 56.4 Å². The molecule has 4 nitrogen and oxygen atoms in total. The van der Waals surface area contributed by atoms with Crippen molar-refractivity contribution in [1.82, 2.24) is 9.97 Å². The smallest absolute Gasteiger partial charge is 0.136 e. The van der Waals surface area contributed by atoms with Crippen LogP contribution in [0.5, 0.6) is 5.75 Å². The number of hydrogen-bond acceptors (Lipinski definition) is 4. The Bertz CT molecular complexity index is 2140. The zero-order valence-electron chi connectivity index (χ0n) is 26.7. The van der Waals surface area contributed by atoms with Gasteiger partial charge in [-0.1, -0.05) is 110 Å². The quantitative estimate of drug-likeness (QED) is 0.156. The monoisotopic (exact) mass is 803 g/mol. The molecule has 1 unspecified atom stereocenters. The van der Waals surface area contributed by atoms with Crippen molar-refractivity contribution in [3.05, 3.63) is 181 Å². The molecule has 1 atom stereocenters. The van der Waals surface area contributed by atoms with Gasteiger partial charge in [-0.05, 0) is 82.9 Å². The maximum absolute atomic E-state index is 10.7. The standard InChI is InChI=1S/C43H34N3O.Pt/c1-30-22-23-40(45-43(30)39-20-12-13-21-41(39)47)36-26-35(31(2)32-14-6-3-7-15-32)27-38(28-36)46(37-18-10-5-11-19-37)42-29-34(24-25-44-42)33-16-8-4-9-17-33;/h3-27,29,31,47H,1-2H3;/q-1;. The van der Waals surface area contributed by atoms with Gasteiger partial charge in [-0.15, -0.1) is 29.3 Å². The van der Waals surface area contributed by atoms with Crippen molar-refractivity contribution in [2.75, 3.05) is 4.90 Å². The van der Waals surface area contributed by atoms with Crippen molar-refractivity contribution >= 4 is 17.2 Å². The number of hydrogen-bond donors (Lipinski definition) is 1. The Hall–Kier alpha value is -5.31. The molecule has 2 aromatic heterocycles. The van der Waals surface area contributed by atoms with Crippen LogP contribution in [-0.2, 0) is 21.1 Å². The summed E-state index contributed by atoms with van der Waals surface area (Å²) >= 11 is 0. The molecule has 0 amide bonds. The first kappa shape index (κ1) is 32.6. The van der Waals surface area contributed by atoms with Crippen LogP contribution < -0.4 is 4.90 Å². The molecule has 5 heteroatoms. The topological polar surface area (TPSA) is 49.2 Å². The number of phenolic OH excluding ortho intramolecular Hbond substituents is 1. The van der Waals surface area contributed by atoms with Gasteiger partial charge in [0.2, 0.25) is 0 Å². The first-order valence-corrected chi connectivity index (χ1v) is 15.8. The number of phenols is 1. The van der Waals surface area contributed by atoms with E-state index in [1.165, 1.54) is 5.56 Å². The number of anilines is 3. The van der Waals surface area contributed by atoms with E-state index < -0.39 is 0 Å². The zero-order valence-corrected chi connectivity index (χ0v) is 29.0. The Kier molecular flexibility index (Phi) is 9.94. The summed E-state index contributed by atoms with van der Waals surface area (Å²) in [5, 5.41) is 10.7. The van der Waals surface area contributed by atoms with Crippen LogP contribution in [0, 0.1) is 13.0 Å². The van der Waals surface area contributed by atoms with Gasteiger partial charge >= 0.3 is 0 Å². The van der Waals surface area contributed by atoms with E-state index in [-0.39, 0.29) is 32.7 Å². The molecule has 0 bridgehead atoms. The number of aryl methyl sites for hydroxylation is 1. The summed E-state index contributed by atoms with van der Waals surface area (Å²) in [7, 11) is 0. The minimum absolute atomic E-state index is 0. The summed E-state index contributed by atoms with van der Waals surface area (Å²) in [6, 6.07) is 55.0. The fraction of sp³-hybridized carbons (Fsp3) is 0.0698. The third-order valence-electron chi connectivity index (χ3n) is 8.55. The molecule has 7 aromatic rings. The molecule has 0 saturated heterocycles. The third kappa shape index (κ3) is 6.86. The second kappa shape index (κ2) is 14.6. The van der Waals surface area contributed by atoms with Crippen LogP contribution in [0.3, 0.4) is 0 Å². The Balaban J connectivity index is 0.00000401. The summed E-state index contributed by atoms with van der Waals surface area (Å²) in [4.78, 5) is 12.2. The van der Waals surface area contributed by atoms with Crippen molar-refractivity contribution in [1.29, 1.82) is 0 Å². The first-order chi connectivity index (χ1) is 23.0. The van der Waals surface area contributed by atoms with E-state index in [2.05, 4.69) is 103 Å². The van der Waals surface area contributed by atoms with Gasteiger partial charge in [-0.25, -0.2) is 4.98 Å². The Labute approximate surface area is 296 Å². The molecule has 5 aromatic carbocycles. The van der Waals surface area contributed by atoms with E-state index in [9.17, 15) is 5.11 Å². The molecular formula is C43H34N3OPt-. The molecule has 0 aliphatic heterocycles. The molecule has 1 N–H and O–H groups in total. The maximum atomic E-state index is 10.7. The third-order valence-corrected chi connectivity index (χ3v) is 8.55. The Morgan fingerprint density at radius 3 is 2.06 bits per heavy atom. The first-order valence-electron chi connectivity index (χ1n) is 15.8. The van der Waals surface area contributed by atoms with E-state index >= 15 is 0 Å². The molecule has 0 aliphatic rings. The predicted molar refractivity (Wildman–Crippen MR) is 192 cm³/mol. The van der Waals surface area contributed by atoms with Gasteiger partial charge in [-0.2, -0.15) is 0 Å². The number of pyridine rings is 2. The Morgan fingerprint density at radius 2 is 1.33 bits per heavy atom. The minimum atomic E-state index is 0. The molecule has 0 radical (unpaired) electrons. The summed E-state index contributed by atoms with van der Waals surface area (Å²) in [5.74, 6) is 1.10. The SMILES string of the molecule is Cc1ccc(-c2[c-]c(N(c3ccccc3)c3cc(-c4ccccc4)ccn3)cc(C(C)c3ccccc3)c2)nc1-c1ccccc1O.[Pt]. The van der Waals surface area contributed by atoms with Crippen LogP contribution in [0.15, 0.2) is 158 Å². The van der Waals surface area contributed by atoms with Gasteiger partial charge < -0.3 is 10.0 Å². The number of nitrogens with zero attached hydrogens (tertiary/aromatic N) is 3. The number of benzene rings is 5. The van der Waals surface area contributed by atoms with E-state index in [1.54, 1.807) is 6.07 Å². The second-order valence-corrected chi connectivity index (χ2v) is 11.7. The molecule has 238 valence electrons. The van der Waals surface area contributed by atoms with Gasteiger partial charge in [0.15, 0.2) is 0 Å². The Morgan fingerprint density at radius 1 is 0.667 bits per heavy atom. The van der Waals surface area contributed by atoms with Crippen LogP contribution in [0.1, 0.15) is 29.5 Å². The van der Waals surface area contributed by atoms with Gasteiger partial charge in [0.05, 0.1) is 5.69 Å². The van der Waals surface area contributed by atoms with E-state index in [4.69, 9.17) is 9.97 Å². The van der Waals surface area contributed by atoms with Gasteiger partial charge in [0, 0.05) is 38.5 Å². The summed E-state index contributed by atoms with van der Waals surface area (Å²) < 4.78 is 0. The van der Waals surface area contributed by atoms with Crippen molar-refractivity contribution < 1.29 is 26.2 Å². The van der Waals surface area contributed by atoms with E-state index in [1.807, 2.05) is 73.8 Å². The number of para-hydroxylation sites is 2. The predicted octanol–water partition coefficient (Wildman–Crippen LogP) is 10.9. The number of rotatable bonds is 8. The van der Waals surface area contributed by atoms with Crippen molar-refractivity contribution in [3.63, 3.8) is 0 Å². The van der Waals surface area contributed by atoms with Gasteiger partial charge in [0.25, 0.3) is 0 Å². The second-order valence-electron chi connectivity index (χ2n) is 11.7. The van der Waals surface area contributed by atoms with Crippen molar-refractivity contribution in [3.8, 4) is 39.4 Å². The average molecular weight is 804 g/mol. The van der Waals surface area contributed by atoms with Crippen LogP contribution in [0.2, 0.25) is 0 Å². The normalized spacial score (nSPS) is 11.4. The number of aromatic hydroxyl groups is 1. The van der Waals surface area contributed by atoms with Crippen LogP contribution in [0.25, 0.3) is 33.6 Å². The maximum Gasteiger partial charge on any atom is 0.136 e. The molecule has 0 spiro atoms. The largest absolute Gasteiger partial charge is 0.507 e. The average Bonchev–Trinajstić information content (AvgIpc) is 3.13. The van der Waals surface area contributed by atoms with Crippen molar-refractivity contribution in [2.24, 2.45) is 0 Å². The molecule has 48 heavy (non-hydrogen) atoms. The van der Waals surface area contributed by atoms with Gasteiger partial charge in [0.1, 0.15) is 11.6 Å². The van der Waals surface area contributed by atoms with Crippen LogP contribution >= 0.6 is 0 Å². The molecule has 0 saturated carbocycles. The molecule has 0 fully saturated rings. The van der Waals surface area contributed by atoms with Crippen LogP contribution in [-0.4, -0.2) is 15.1 Å². The van der Waals surface area contributed by atoms with Gasteiger partial charge in [-0.3, -0.25) is 4.98 Å². The molecule has 0 aliphatic carbocycles. The zero-order chi connectivity index (χ0) is 32.2. The minimum Gasteiger partial charge on any atom is -0.507 e. The summed E-state index contributed by atoms with van der Waals surface area (Å²) in [6.45, 7) is 4.25. The van der Waals surface area contributed by atoms with E-state index in [0.29, 0.717) is 5.56 Å². The fourth-order valence-electron chi connectivity index (χ4n) is 5.97. The molecule has 2 heterocycles. The van der Waals surface area contributed by atoms with Crippen molar-refractivity contribution in [2.45, 2.75) is 19.8 Å². The number of aromatic nitrogens is 2.